The molecule has 0 aromatic heterocycles. The first kappa shape index (κ1) is 27.6. The Hall–Kier alpha value is -5.51. The van der Waals surface area contributed by atoms with Gasteiger partial charge in [-0.05, 0) is 60.0 Å². The van der Waals surface area contributed by atoms with Crippen molar-refractivity contribution in [2.24, 2.45) is 0 Å². The largest absolute Gasteiger partial charge is 0.454 e. The number of para-hydroxylation sites is 1. The number of hydrogen-bond acceptors (Lipinski definition) is 6. The lowest BCUT2D eigenvalue weighted by Crippen LogP contribution is -2.46. The number of fused-ring (bicyclic) bond motifs is 2. The van der Waals surface area contributed by atoms with Crippen molar-refractivity contribution < 1.29 is 33.0 Å². The summed E-state index contributed by atoms with van der Waals surface area (Å²) in [7, 11) is 0. The number of nitrogens with zero attached hydrogens (tertiary/aromatic N) is 2. The third-order valence-electron chi connectivity index (χ3n) is 7.48. The zero-order valence-corrected chi connectivity index (χ0v) is 23.1. The molecular weight excluding hydrogens is 553 g/mol. The molecule has 4 aromatic rings. The fourth-order valence-electron chi connectivity index (χ4n) is 5.23. The first-order valence-electron chi connectivity index (χ1n) is 13.6. The Bertz CT molecular complexity index is 1760. The Kier molecular flexibility index (Phi) is 7.33. The van der Waals surface area contributed by atoms with Crippen LogP contribution in [0, 0.1) is 12.7 Å². The standard InChI is InChI=1S/C33H26FN3O6/c1-20-6-2-3-7-22(20)17-37(29(38)18-36-26-9-5-4-8-25(26)31(39)33(36)41)30(21-10-12-23(34)13-11-21)32(40)35-24-14-15-27-28(16-24)43-19-42-27/h2-16,30H,17-19H2,1H3,(H,35,40). The van der Waals surface area contributed by atoms with Crippen LogP contribution in [0.5, 0.6) is 11.5 Å². The third kappa shape index (κ3) is 5.42. The van der Waals surface area contributed by atoms with E-state index in [0.29, 0.717) is 28.4 Å². The Balaban J connectivity index is 1.39. The molecule has 2 aliphatic rings. The van der Waals surface area contributed by atoms with E-state index in [1.54, 1.807) is 36.4 Å². The molecule has 10 heteroatoms. The minimum Gasteiger partial charge on any atom is -0.454 e. The van der Waals surface area contributed by atoms with Crippen molar-refractivity contribution in [3.05, 3.63) is 119 Å². The Labute approximate surface area is 246 Å². The summed E-state index contributed by atoms with van der Waals surface area (Å²) in [5, 5.41) is 2.85. The van der Waals surface area contributed by atoms with Gasteiger partial charge in [0.1, 0.15) is 18.4 Å². The van der Waals surface area contributed by atoms with Crippen LogP contribution in [0.15, 0.2) is 91.0 Å². The molecule has 1 unspecified atom stereocenters. The topological polar surface area (TPSA) is 105 Å². The van der Waals surface area contributed by atoms with Crippen LogP contribution in [-0.2, 0) is 20.9 Å². The molecule has 4 aromatic carbocycles. The van der Waals surface area contributed by atoms with E-state index in [4.69, 9.17) is 9.47 Å². The molecule has 0 spiro atoms. The number of benzene rings is 4. The molecule has 0 fully saturated rings. The molecule has 0 aliphatic carbocycles. The Morgan fingerprint density at radius 1 is 0.930 bits per heavy atom. The SMILES string of the molecule is Cc1ccccc1CN(C(=O)CN1C(=O)C(=O)c2ccccc21)C(C(=O)Nc1ccc2c(c1)OCO2)c1ccc(F)cc1. The van der Waals surface area contributed by atoms with E-state index >= 15 is 0 Å². The normalized spacial score (nSPS) is 14.0. The molecule has 9 nitrogen and oxygen atoms in total. The van der Waals surface area contributed by atoms with Gasteiger partial charge in [0.2, 0.25) is 12.7 Å². The molecule has 43 heavy (non-hydrogen) atoms. The van der Waals surface area contributed by atoms with Crippen LogP contribution in [0.25, 0.3) is 0 Å². The van der Waals surface area contributed by atoms with Crippen LogP contribution >= 0.6 is 0 Å². The van der Waals surface area contributed by atoms with E-state index in [-0.39, 0.29) is 18.9 Å². The van der Waals surface area contributed by atoms with Gasteiger partial charge in [0.05, 0.1) is 11.3 Å². The van der Waals surface area contributed by atoms with Crippen molar-refractivity contribution in [3.63, 3.8) is 0 Å². The number of ketones is 1. The molecule has 3 amide bonds. The lowest BCUT2D eigenvalue weighted by atomic mass is 10.0. The second-order valence-electron chi connectivity index (χ2n) is 10.2. The summed E-state index contributed by atoms with van der Waals surface area (Å²) < 4.78 is 24.8. The zero-order chi connectivity index (χ0) is 30.1. The minimum absolute atomic E-state index is 0.000265. The van der Waals surface area contributed by atoms with E-state index in [9.17, 15) is 23.6 Å². The first-order valence-corrected chi connectivity index (χ1v) is 13.6. The summed E-state index contributed by atoms with van der Waals surface area (Å²) in [5.74, 6) is -2.20. The van der Waals surface area contributed by atoms with Crippen molar-refractivity contribution in [1.82, 2.24) is 4.90 Å². The van der Waals surface area contributed by atoms with Gasteiger partial charge in [0.15, 0.2) is 11.5 Å². The van der Waals surface area contributed by atoms with Gasteiger partial charge in [-0.1, -0.05) is 48.5 Å². The van der Waals surface area contributed by atoms with Crippen LogP contribution in [0.2, 0.25) is 0 Å². The first-order chi connectivity index (χ1) is 20.8. The number of amides is 3. The van der Waals surface area contributed by atoms with Crippen LogP contribution in [0.1, 0.15) is 33.1 Å². The molecule has 2 heterocycles. The van der Waals surface area contributed by atoms with E-state index < -0.39 is 41.9 Å². The molecule has 0 saturated heterocycles. The summed E-state index contributed by atoms with van der Waals surface area (Å²) in [6, 6.07) is 22.9. The number of rotatable bonds is 8. The Morgan fingerprint density at radius 2 is 1.65 bits per heavy atom. The fraction of sp³-hybridized carbons (Fsp3) is 0.152. The second kappa shape index (κ2) is 11.4. The third-order valence-corrected chi connectivity index (χ3v) is 7.48. The van der Waals surface area contributed by atoms with Crippen LogP contribution in [0.4, 0.5) is 15.8 Å². The average molecular weight is 580 g/mol. The number of Topliss-reactive ketones (excluding diaryl/α,β-unsaturated/α-hetero) is 1. The van der Waals surface area contributed by atoms with Crippen LogP contribution < -0.4 is 19.7 Å². The zero-order valence-electron chi connectivity index (χ0n) is 23.1. The average Bonchev–Trinajstić information content (AvgIpc) is 3.57. The van der Waals surface area contributed by atoms with Crippen LogP contribution in [-0.4, -0.2) is 41.7 Å². The van der Waals surface area contributed by atoms with Gasteiger partial charge in [-0.25, -0.2) is 4.39 Å². The molecular formula is C33H26FN3O6. The predicted octanol–water partition coefficient (Wildman–Crippen LogP) is 4.80. The fourth-order valence-corrected chi connectivity index (χ4v) is 5.23. The molecule has 6 rings (SSSR count). The number of ether oxygens (including phenoxy) is 2. The number of hydrogen-bond donors (Lipinski definition) is 1. The van der Waals surface area contributed by atoms with E-state index in [1.165, 1.54) is 35.2 Å². The van der Waals surface area contributed by atoms with Crippen LogP contribution in [0.3, 0.4) is 0 Å². The quantitative estimate of drug-likeness (QED) is 0.301. The van der Waals surface area contributed by atoms with Gasteiger partial charge >= 0.3 is 0 Å². The highest BCUT2D eigenvalue weighted by atomic mass is 19.1. The molecule has 1 atom stereocenters. The molecule has 0 radical (unpaired) electrons. The monoisotopic (exact) mass is 579 g/mol. The summed E-state index contributed by atoms with van der Waals surface area (Å²) >= 11 is 0. The summed E-state index contributed by atoms with van der Waals surface area (Å²) in [4.78, 5) is 56.3. The summed E-state index contributed by atoms with van der Waals surface area (Å²) in [6.45, 7) is 1.46. The maximum atomic E-state index is 14.2. The van der Waals surface area contributed by atoms with Crippen molar-refractivity contribution in [2.45, 2.75) is 19.5 Å². The maximum Gasteiger partial charge on any atom is 0.299 e. The van der Waals surface area contributed by atoms with Gasteiger partial charge in [-0.3, -0.25) is 24.1 Å². The number of carbonyl (C=O) groups is 4. The highest BCUT2D eigenvalue weighted by Crippen LogP contribution is 2.35. The number of anilines is 2. The number of halogens is 1. The minimum atomic E-state index is -1.23. The molecule has 2 aliphatic heterocycles. The lowest BCUT2D eigenvalue weighted by molar-refractivity contribution is -0.139. The molecule has 1 N–H and O–H groups in total. The predicted molar refractivity (Wildman–Crippen MR) is 155 cm³/mol. The van der Waals surface area contributed by atoms with Crippen molar-refractivity contribution in [3.8, 4) is 11.5 Å². The van der Waals surface area contributed by atoms with Crippen molar-refractivity contribution in [1.29, 1.82) is 0 Å². The number of carbonyl (C=O) groups excluding carboxylic acids is 4. The lowest BCUT2D eigenvalue weighted by Gasteiger charge is -2.33. The van der Waals surface area contributed by atoms with E-state index in [0.717, 1.165) is 16.0 Å². The number of nitrogens with one attached hydrogen (secondary N) is 1. The van der Waals surface area contributed by atoms with Crippen molar-refractivity contribution in [2.75, 3.05) is 23.6 Å². The van der Waals surface area contributed by atoms with Gasteiger partial charge in [-0.2, -0.15) is 0 Å². The second-order valence-corrected chi connectivity index (χ2v) is 10.2. The highest BCUT2D eigenvalue weighted by Gasteiger charge is 2.39. The van der Waals surface area contributed by atoms with Gasteiger partial charge < -0.3 is 19.7 Å². The highest BCUT2D eigenvalue weighted by molar-refractivity contribution is 6.52. The molecule has 216 valence electrons. The smallest absolute Gasteiger partial charge is 0.299 e. The maximum absolute atomic E-state index is 14.2. The van der Waals surface area contributed by atoms with E-state index in [2.05, 4.69) is 5.32 Å². The van der Waals surface area contributed by atoms with Gasteiger partial charge in [0, 0.05) is 18.3 Å². The van der Waals surface area contributed by atoms with Gasteiger partial charge in [0.25, 0.3) is 17.6 Å². The number of aryl methyl sites for hydroxylation is 1. The summed E-state index contributed by atoms with van der Waals surface area (Å²) in [6.07, 6.45) is 0. The Morgan fingerprint density at radius 3 is 2.44 bits per heavy atom. The summed E-state index contributed by atoms with van der Waals surface area (Å²) in [5.41, 5.74) is 2.94. The molecule has 0 saturated carbocycles. The molecule has 0 bridgehead atoms. The van der Waals surface area contributed by atoms with E-state index in [1.807, 2.05) is 31.2 Å². The van der Waals surface area contributed by atoms with Crippen molar-refractivity contribution >= 4 is 34.9 Å². The van der Waals surface area contributed by atoms with Gasteiger partial charge in [-0.15, -0.1) is 0 Å².